The number of hydrogen-bond donors (Lipinski definition) is 0. The second-order valence-corrected chi connectivity index (χ2v) is 8.21. The fourth-order valence-electron chi connectivity index (χ4n) is 3.38. The van der Waals surface area contributed by atoms with Gasteiger partial charge in [-0.2, -0.15) is 0 Å². The van der Waals surface area contributed by atoms with E-state index in [4.69, 9.17) is 0 Å². The lowest BCUT2D eigenvalue weighted by molar-refractivity contribution is -0.650. The lowest BCUT2D eigenvalue weighted by Gasteiger charge is -2.01. The molecule has 0 saturated carbocycles. The largest absolute Gasteiger partial charge is 1.00 e. The molecule has 0 aliphatic carbocycles. The fraction of sp³-hybridized carbons (Fsp3) is 0.682. The molecule has 0 unspecified atom stereocenters. The number of para-hydroxylation sites is 2. The van der Waals surface area contributed by atoms with E-state index in [1.807, 2.05) is 0 Å². The summed E-state index contributed by atoms with van der Waals surface area (Å²) in [6.45, 7) is 5.71. The minimum atomic E-state index is 0. The third-order valence-corrected chi connectivity index (χ3v) is 5.94. The molecule has 26 heavy (non-hydrogen) atoms. The number of aryl methyl sites for hydroxylation is 1. The van der Waals surface area contributed by atoms with Crippen LogP contribution >= 0.6 is 11.8 Å². The molecule has 148 valence electrons. The summed E-state index contributed by atoms with van der Waals surface area (Å²) in [6.07, 6.45) is 16.0. The van der Waals surface area contributed by atoms with Gasteiger partial charge in [0.1, 0.15) is 5.88 Å². The maximum Gasteiger partial charge on any atom is 0.245 e. The van der Waals surface area contributed by atoms with E-state index in [9.17, 15) is 0 Å². The van der Waals surface area contributed by atoms with Crippen molar-refractivity contribution in [1.29, 1.82) is 0 Å². The van der Waals surface area contributed by atoms with Crippen molar-refractivity contribution in [1.82, 2.24) is 4.57 Å². The minimum absolute atomic E-state index is 0. The van der Waals surface area contributed by atoms with Crippen LogP contribution in [-0.2, 0) is 12.4 Å². The zero-order chi connectivity index (χ0) is 17.7. The molecule has 1 heterocycles. The molecule has 2 aromatic rings. The SMILES string of the molecule is CCCCCCCCSC[n+]1cn(CCCCCC)c2ccccc21.[Cl-]. The van der Waals surface area contributed by atoms with Crippen molar-refractivity contribution < 1.29 is 17.0 Å². The van der Waals surface area contributed by atoms with Gasteiger partial charge in [0.25, 0.3) is 0 Å². The van der Waals surface area contributed by atoms with Gasteiger partial charge in [0.05, 0.1) is 6.54 Å². The van der Waals surface area contributed by atoms with Crippen LogP contribution < -0.4 is 17.0 Å². The van der Waals surface area contributed by atoms with Crippen LogP contribution in [0.25, 0.3) is 11.0 Å². The van der Waals surface area contributed by atoms with Gasteiger partial charge in [-0.15, -0.1) is 11.8 Å². The standard InChI is InChI=1S/C22H37N2S.ClH/c1-3-5-7-9-10-14-18-25-20-24-19-23(17-13-8-6-4-2)21-15-11-12-16-22(21)24;/h11-12,15-16,19H,3-10,13-14,17-18,20H2,1-2H3;1H/q+1;/p-1. The van der Waals surface area contributed by atoms with Gasteiger partial charge in [0, 0.05) is 0 Å². The first kappa shape index (κ1) is 23.4. The highest BCUT2D eigenvalue weighted by atomic mass is 35.5. The average molecular weight is 397 g/mol. The Morgan fingerprint density at radius 1 is 0.846 bits per heavy atom. The molecule has 1 aromatic heterocycles. The molecule has 0 fully saturated rings. The summed E-state index contributed by atoms with van der Waals surface area (Å²) in [5.74, 6) is 2.37. The highest BCUT2D eigenvalue weighted by Crippen LogP contribution is 2.15. The predicted octanol–water partition coefficient (Wildman–Crippen LogP) is 3.56. The number of thioether (sulfide) groups is 1. The van der Waals surface area contributed by atoms with Crippen LogP contribution in [0.1, 0.15) is 78.1 Å². The summed E-state index contributed by atoms with van der Waals surface area (Å²) < 4.78 is 4.90. The molecule has 0 saturated heterocycles. The Morgan fingerprint density at radius 2 is 1.50 bits per heavy atom. The van der Waals surface area contributed by atoms with Crippen molar-refractivity contribution in [3.63, 3.8) is 0 Å². The first-order valence-electron chi connectivity index (χ1n) is 10.4. The Kier molecular flexibility index (Phi) is 12.9. The zero-order valence-corrected chi connectivity index (χ0v) is 18.3. The van der Waals surface area contributed by atoms with Gasteiger partial charge >= 0.3 is 0 Å². The second-order valence-electron chi connectivity index (χ2n) is 7.13. The first-order valence-corrected chi connectivity index (χ1v) is 11.6. The van der Waals surface area contributed by atoms with E-state index in [1.54, 1.807) is 0 Å². The maximum absolute atomic E-state index is 2.45. The van der Waals surface area contributed by atoms with Crippen LogP contribution in [-0.4, -0.2) is 10.3 Å². The monoisotopic (exact) mass is 396 g/mol. The molecule has 2 nitrogen and oxygen atoms in total. The molecule has 0 radical (unpaired) electrons. The van der Waals surface area contributed by atoms with Gasteiger partial charge in [0.2, 0.25) is 6.33 Å². The number of rotatable bonds is 14. The van der Waals surface area contributed by atoms with Crippen molar-refractivity contribution in [2.45, 2.75) is 90.5 Å². The molecular weight excluding hydrogens is 360 g/mol. The number of fused-ring (bicyclic) bond motifs is 1. The van der Waals surface area contributed by atoms with E-state index in [2.05, 4.69) is 65.3 Å². The zero-order valence-electron chi connectivity index (χ0n) is 16.8. The van der Waals surface area contributed by atoms with Gasteiger partial charge in [0.15, 0.2) is 11.0 Å². The Balaban J connectivity index is 0.00000338. The fourth-order valence-corrected chi connectivity index (χ4v) is 4.32. The number of nitrogens with zero attached hydrogens (tertiary/aromatic N) is 2. The summed E-state index contributed by atoms with van der Waals surface area (Å²) in [7, 11) is 0. The summed E-state index contributed by atoms with van der Waals surface area (Å²) in [4.78, 5) is 0. The summed E-state index contributed by atoms with van der Waals surface area (Å²) in [6, 6.07) is 8.87. The van der Waals surface area contributed by atoms with Crippen molar-refractivity contribution in [2.75, 3.05) is 5.75 Å². The maximum atomic E-state index is 2.45. The van der Waals surface area contributed by atoms with Gasteiger partial charge in [-0.1, -0.05) is 70.9 Å². The molecule has 2 rings (SSSR count). The topological polar surface area (TPSA) is 8.81 Å². The third kappa shape index (κ3) is 7.92. The highest BCUT2D eigenvalue weighted by Gasteiger charge is 2.14. The molecular formula is C22H37ClN2S. The van der Waals surface area contributed by atoms with Crippen LogP contribution in [0, 0.1) is 0 Å². The van der Waals surface area contributed by atoms with Crippen LogP contribution in [0.5, 0.6) is 0 Å². The number of aromatic nitrogens is 2. The Bertz CT molecular complexity index is 597. The van der Waals surface area contributed by atoms with Gasteiger partial charge < -0.3 is 12.4 Å². The lowest BCUT2D eigenvalue weighted by Crippen LogP contribution is -3.00. The smallest absolute Gasteiger partial charge is 0.245 e. The Hall–Kier alpha value is -0.670. The number of unbranched alkanes of at least 4 members (excludes halogenated alkanes) is 8. The Labute approximate surface area is 171 Å². The molecule has 0 bridgehead atoms. The molecule has 0 spiro atoms. The molecule has 4 heteroatoms. The quantitative estimate of drug-likeness (QED) is 0.350. The van der Waals surface area contributed by atoms with Gasteiger partial charge in [-0.05, 0) is 37.1 Å². The number of benzene rings is 1. The molecule has 0 N–H and O–H groups in total. The molecule has 0 aliphatic heterocycles. The van der Waals surface area contributed by atoms with Crippen LogP contribution in [0.2, 0.25) is 0 Å². The van der Waals surface area contributed by atoms with Crippen LogP contribution in [0.3, 0.4) is 0 Å². The van der Waals surface area contributed by atoms with E-state index in [1.165, 1.54) is 81.0 Å². The van der Waals surface area contributed by atoms with Crippen molar-refractivity contribution in [2.24, 2.45) is 0 Å². The summed E-state index contributed by atoms with van der Waals surface area (Å²) >= 11 is 2.08. The summed E-state index contributed by atoms with van der Waals surface area (Å²) in [5.41, 5.74) is 2.77. The van der Waals surface area contributed by atoms with E-state index >= 15 is 0 Å². The van der Waals surface area contributed by atoms with E-state index in [0.717, 1.165) is 12.4 Å². The highest BCUT2D eigenvalue weighted by molar-refractivity contribution is 7.98. The van der Waals surface area contributed by atoms with E-state index in [0.29, 0.717) is 0 Å². The molecule has 1 aromatic carbocycles. The first-order chi connectivity index (χ1) is 12.4. The van der Waals surface area contributed by atoms with Gasteiger partial charge in [-0.25, -0.2) is 9.13 Å². The van der Waals surface area contributed by atoms with Crippen LogP contribution in [0.15, 0.2) is 30.6 Å². The van der Waals surface area contributed by atoms with Crippen molar-refractivity contribution in [3.05, 3.63) is 30.6 Å². The number of halogens is 1. The van der Waals surface area contributed by atoms with E-state index < -0.39 is 0 Å². The number of hydrogen-bond acceptors (Lipinski definition) is 1. The summed E-state index contributed by atoms with van der Waals surface area (Å²) in [5, 5.41) is 0. The molecule has 0 aliphatic rings. The van der Waals surface area contributed by atoms with Gasteiger partial charge in [-0.3, -0.25) is 0 Å². The number of imidazole rings is 1. The third-order valence-electron chi connectivity index (χ3n) is 4.90. The average Bonchev–Trinajstić information content (AvgIpc) is 2.99. The lowest BCUT2D eigenvalue weighted by atomic mass is 10.1. The van der Waals surface area contributed by atoms with Crippen molar-refractivity contribution >= 4 is 22.8 Å². The second kappa shape index (κ2) is 14.4. The predicted molar refractivity (Wildman–Crippen MR) is 112 cm³/mol. The van der Waals surface area contributed by atoms with Crippen LogP contribution in [0.4, 0.5) is 0 Å². The van der Waals surface area contributed by atoms with Crippen molar-refractivity contribution in [3.8, 4) is 0 Å². The molecule has 0 amide bonds. The minimum Gasteiger partial charge on any atom is -1.00 e. The normalized spacial score (nSPS) is 11.0. The molecule has 0 atom stereocenters. The van der Waals surface area contributed by atoms with E-state index in [-0.39, 0.29) is 12.4 Å². The Morgan fingerprint density at radius 3 is 2.27 bits per heavy atom.